The Bertz CT molecular complexity index is 1290. The van der Waals surface area contributed by atoms with Gasteiger partial charge in [-0.05, 0) is 53.3 Å². The summed E-state index contributed by atoms with van der Waals surface area (Å²) in [6, 6.07) is 21.9. The van der Waals surface area contributed by atoms with E-state index in [1.54, 1.807) is 6.92 Å². The van der Waals surface area contributed by atoms with E-state index in [1.807, 2.05) is 29.2 Å². The number of carbonyl (C=O) groups excluding carboxylic acids is 2. The van der Waals surface area contributed by atoms with Crippen molar-refractivity contribution in [3.63, 3.8) is 0 Å². The Morgan fingerprint density at radius 3 is 2.37 bits per heavy atom. The lowest BCUT2D eigenvalue weighted by Crippen LogP contribution is -2.48. The van der Waals surface area contributed by atoms with Gasteiger partial charge in [-0.1, -0.05) is 61.5 Å². The van der Waals surface area contributed by atoms with Gasteiger partial charge in [0.2, 0.25) is 5.91 Å². The zero-order valence-corrected chi connectivity index (χ0v) is 20.4. The summed E-state index contributed by atoms with van der Waals surface area (Å²) in [5, 5.41) is 2.76. The number of para-hydroxylation sites is 1. The molecule has 6 rings (SSSR count). The van der Waals surface area contributed by atoms with Crippen LogP contribution in [0.25, 0.3) is 10.8 Å². The molecule has 1 amide bonds. The van der Waals surface area contributed by atoms with Gasteiger partial charge in [0.15, 0.2) is 0 Å². The molecule has 2 aliphatic heterocycles. The molecule has 0 radical (unpaired) electrons. The van der Waals surface area contributed by atoms with Crippen LogP contribution in [0, 0.1) is 0 Å². The topological polar surface area (TPSA) is 49.9 Å². The predicted octanol–water partition coefficient (Wildman–Crippen LogP) is 5.55. The lowest BCUT2D eigenvalue weighted by molar-refractivity contribution is -0.144. The summed E-state index contributed by atoms with van der Waals surface area (Å²) in [6.45, 7) is 6.40. The molecule has 3 aromatic carbocycles. The van der Waals surface area contributed by atoms with Crippen LogP contribution >= 0.6 is 0 Å². The van der Waals surface area contributed by atoms with E-state index in [0.717, 1.165) is 37.2 Å². The number of carbonyl (C=O) groups is 2. The molecule has 0 spiro atoms. The molecule has 1 aliphatic carbocycles. The number of anilines is 1. The van der Waals surface area contributed by atoms with Gasteiger partial charge in [-0.25, -0.2) is 0 Å². The molecule has 35 heavy (non-hydrogen) atoms. The van der Waals surface area contributed by atoms with Gasteiger partial charge in [0, 0.05) is 36.8 Å². The molecule has 0 bridgehead atoms. The summed E-state index contributed by atoms with van der Waals surface area (Å²) in [5.41, 5.74) is 4.83. The predicted molar refractivity (Wildman–Crippen MR) is 138 cm³/mol. The van der Waals surface area contributed by atoms with Gasteiger partial charge in [0.05, 0.1) is 18.9 Å². The number of amides is 1. The van der Waals surface area contributed by atoms with Crippen LogP contribution in [-0.4, -0.2) is 42.5 Å². The van der Waals surface area contributed by atoms with Crippen LogP contribution in [0.5, 0.6) is 0 Å². The summed E-state index contributed by atoms with van der Waals surface area (Å²) in [7, 11) is 0. The highest BCUT2D eigenvalue weighted by Gasteiger charge is 2.44. The second kappa shape index (κ2) is 8.80. The number of nitrogens with zero attached hydrogens (tertiary/aromatic N) is 2. The average molecular weight is 469 g/mol. The zero-order chi connectivity index (χ0) is 24.1. The largest absolute Gasteiger partial charge is 0.466 e. The molecule has 0 saturated carbocycles. The molecular weight excluding hydrogens is 436 g/mol. The molecule has 5 nitrogen and oxygen atoms in total. The van der Waals surface area contributed by atoms with Crippen molar-refractivity contribution in [1.29, 1.82) is 0 Å². The average Bonchev–Trinajstić information content (AvgIpc) is 3.32. The van der Waals surface area contributed by atoms with E-state index in [9.17, 15) is 9.59 Å². The third kappa shape index (κ3) is 3.56. The van der Waals surface area contributed by atoms with Crippen molar-refractivity contribution in [2.75, 3.05) is 24.6 Å². The van der Waals surface area contributed by atoms with Crippen molar-refractivity contribution < 1.29 is 14.3 Å². The maximum Gasteiger partial charge on any atom is 0.306 e. The molecule has 0 N–H and O–H groups in total. The van der Waals surface area contributed by atoms with Gasteiger partial charge < -0.3 is 9.64 Å². The van der Waals surface area contributed by atoms with E-state index >= 15 is 0 Å². The fourth-order valence-electron chi connectivity index (χ4n) is 6.78. The minimum Gasteiger partial charge on any atom is -0.466 e. The van der Waals surface area contributed by atoms with Gasteiger partial charge in [-0.3, -0.25) is 14.5 Å². The van der Waals surface area contributed by atoms with Crippen molar-refractivity contribution in [2.45, 2.75) is 57.0 Å². The lowest BCUT2D eigenvalue weighted by Gasteiger charge is -2.41. The first kappa shape index (κ1) is 22.3. The minimum atomic E-state index is -0.440. The quantitative estimate of drug-likeness (QED) is 0.461. The van der Waals surface area contributed by atoms with E-state index < -0.39 is 5.92 Å². The van der Waals surface area contributed by atoms with Crippen LogP contribution in [0.3, 0.4) is 0 Å². The number of rotatable bonds is 5. The van der Waals surface area contributed by atoms with Gasteiger partial charge in [0.1, 0.15) is 0 Å². The monoisotopic (exact) mass is 468 g/mol. The standard InChI is InChI=1S/C30H32N2O3/c1-3-35-27(33)18-25-23-10-4-5-13-26(23)32(30(25)34)21-14-16-31(17-15-21)29-19(2)22-11-6-8-20-9-7-12-24(29)28(20)22/h4-13,19,21,25,29H,3,14-18H2,1-2H3/t19-,25?,29+/m0/s1. The highest BCUT2D eigenvalue weighted by Crippen LogP contribution is 2.49. The maximum atomic E-state index is 13.6. The number of likely N-dealkylation sites (tertiary alicyclic amines) is 1. The molecule has 1 unspecified atom stereocenters. The molecule has 180 valence electrons. The molecule has 2 heterocycles. The first-order valence-corrected chi connectivity index (χ1v) is 12.9. The number of fused-ring (bicyclic) bond motifs is 1. The second-order valence-electron chi connectivity index (χ2n) is 10.1. The molecule has 3 atom stereocenters. The Hall–Kier alpha value is -3.18. The molecule has 3 aliphatic rings. The molecule has 1 fully saturated rings. The van der Waals surface area contributed by atoms with Crippen molar-refractivity contribution in [3.8, 4) is 0 Å². The summed E-state index contributed by atoms with van der Waals surface area (Å²) in [6.07, 6.45) is 1.98. The highest BCUT2D eigenvalue weighted by molar-refractivity contribution is 6.07. The van der Waals surface area contributed by atoms with Gasteiger partial charge in [-0.15, -0.1) is 0 Å². The smallest absolute Gasteiger partial charge is 0.306 e. The minimum absolute atomic E-state index is 0.0455. The number of hydrogen-bond donors (Lipinski definition) is 0. The highest BCUT2D eigenvalue weighted by atomic mass is 16.5. The summed E-state index contributed by atoms with van der Waals surface area (Å²) in [5.74, 6) is -0.244. The van der Waals surface area contributed by atoms with Crippen molar-refractivity contribution in [3.05, 3.63) is 77.4 Å². The third-order valence-electron chi connectivity index (χ3n) is 8.29. The maximum absolute atomic E-state index is 13.6. The third-order valence-corrected chi connectivity index (χ3v) is 8.29. The Labute approximate surface area is 206 Å². The van der Waals surface area contributed by atoms with Crippen LogP contribution in [0.4, 0.5) is 5.69 Å². The van der Waals surface area contributed by atoms with Crippen molar-refractivity contribution >= 4 is 28.3 Å². The van der Waals surface area contributed by atoms with Crippen LogP contribution in [0.2, 0.25) is 0 Å². The number of piperidine rings is 1. The van der Waals surface area contributed by atoms with Crippen LogP contribution < -0.4 is 4.90 Å². The van der Waals surface area contributed by atoms with Crippen LogP contribution in [-0.2, 0) is 14.3 Å². The van der Waals surface area contributed by atoms with Gasteiger partial charge >= 0.3 is 5.97 Å². The first-order valence-electron chi connectivity index (χ1n) is 12.9. The normalized spacial score (nSPS) is 24.2. The fraction of sp³-hybridized carbons (Fsp3) is 0.400. The van der Waals surface area contributed by atoms with Crippen molar-refractivity contribution in [1.82, 2.24) is 4.90 Å². The molecular formula is C30H32N2O3. The fourth-order valence-corrected chi connectivity index (χ4v) is 6.78. The van der Waals surface area contributed by atoms with Gasteiger partial charge in [-0.2, -0.15) is 0 Å². The second-order valence-corrected chi connectivity index (χ2v) is 10.1. The summed E-state index contributed by atoms with van der Waals surface area (Å²) < 4.78 is 5.16. The Morgan fingerprint density at radius 1 is 0.943 bits per heavy atom. The number of esters is 1. The Morgan fingerprint density at radius 2 is 1.63 bits per heavy atom. The number of ether oxygens (including phenoxy) is 1. The van der Waals surface area contributed by atoms with E-state index in [1.165, 1.54) is 21.9 Å². The summed E-state index contributed by atoms with van der Waals surface area (Å²) >= 11 is 0. The van der Waals surface area contributed by atoms with Crippen LogP contribution in [0.1, 0.15) is 67.7 Å². The number of hydrogen-bond acceptors (Lipinski definition) is 4. The zero-order valence-electron chi connectivity index (χ0n) is 20.4. The molecule has 3 aromatic rings. The Balaban J connectivity index is 1.21. The Kier molecular flexibility index (Phi) is 5.60. The van der Waals surface area contributed by atoms with E-state index in [2.05, 4.69) is 48.2 Å². The molecule has 1 saturated heterocycles. The first-order chi connectivity index (χ1) is 17.1. The SMILES string of the molecule is CCOC(=O)CC1C(=O)N(C2CCN([C@H]3c4cccc5cccc(c45)[C@@H]3C)CC2)c2ccccc21. The van der Waals surface area contributed by atoms with E-state index in [4.69, 9.17) is 4.74 Å². The summed E-state index contributed by atoms with van der Waals surface area (Å²) in [4.78, 5) is 30.4. The van der Waals surface area contributed by atoms with E-state index in [-0.39, 0.29) is 24.3 Å². The molecule has 0 aromatic heterocycles. The van der Waals surface area contributed by atoms with E-state index in [0.29, 0.717) is 18.6 Å². The van der Waals surface area contributed by atoms with Crippen molar-refractivity contribution in [2.24, 2.45) is 0 Å². The number of benzene rings is 3. The molecule has 5 heteroatoms. The van der Waals surface area contributed by atoms with Gasteiger partial charge in [0.25, 0.3) is 0 Å². The van der Waals surface area contributed by atoms with Crippen LogP contribution in [0.15, 0.2) is 60.7 Å². The lowest BCUT2D eigenvalue weighted by atomic mass is 9.93.